The van der Waals surface area contributed by atoms with Crippen LogP contribution in [0.4, 0.5) is 0 Å². The van der Waals surface area contributed by atoms with Crippen molar-refractivity contribution in [1.82, 2.24) is 4.90 Å². The van der Waals surface area contributed by atoms with Crippen molar-refractivity contribution in [3.05, 3.63) is 23.8 Å². The molecule has 0 bridgehead atoms. The van der Waals surface area contributed by atoms with E-state index >= 15 is 0 Å². The van der Waals surface area contributed by atoms with Crippen LogP contribution in [0.3, 0.4) is 0 Å². The van der Waals surface area contributed by atoms with Gasteiger partial charge in [-0.15, -0.1) is 11.8 Å². The normalized spacial score (nSPS) is 18.1. The fraction of sp³-hybridized carbons (Fsp3) is 0.533. The van der Waals surface area contributed by atoms with E-state index in [4.69, 9.17) is 14.2 Å². The number of hydrogen-bond donors (Lipinski definition) is 0. The Kier molecular flexibility index (Phi) is 5.76. The average molecular weight is 311 g/mol. The Bertz CT molecular complexity index is 495. The van der Waals surface area contributed by atoms with Crippen LogP contribution >= 0.6 is 11.8 Å². The first-order valence-electron chi connectivity index (χ1n) is 6.92. The van der Waals surface area contributed by atoms with Crippen molar-refractivity contribution >= 4 is 17.7 Å². The molecular weight excluding hydrogens is 290 g/mol. The van der Waals surface area contributed by atoms with Gasteiger partial charge in [-0.2, -0.15) is 0 Å². The summed E-state index contributed by atoms with van der Waals surface area (Å²) < 4.78 is 16.1. The molecule has 1 heterocycles. The third-order valence-electron chi connectivity index (χ3n) is 3.35. The molecule has 1 atom stereocenters. The van der Waals surface area contributed by atoms with Crippen LogP contribution in [0.2, 0.25) is 0 Å². The van der Waals surface area contributed by atoms with Gasteiger partial charge < -0.3 is 19.1 Å². The van der Waals surface area contributed by atoms with Crippen LogP contribution in [0, 0.1) is 0 Å². The largest absolute Gasteiger partial charge is 0.497 e. The molecule has 6 heteroatoms. The Morgan fingerprint density at radius 3 is 2.81 bits per heavy atom. The van der Waals surface area contributed by atoms with Gasteiger partial charge in [-0.05, 0) is 25.1 Å². The molecule has 1 saturated heterocycles. The molecule has 0 radical (unpaired) electrons. The van der Waals surface area contributed by atoms with Gasteiger partial charge >= 0.3 is 0 Å². The summed E-state index contributed by atoms with van der Waals surface area (Å²) in [4.78, 5) is 13.9. The zero-order valence-electron chi connectivity index (χ0n) is 12.6. The van der Waals surface area contributed by atoms with Crippen LogP contribution in [-0.4, -0.2) is 50.5 Å². The average Bonchev–Trinajstić information content (AvgIpc) is 2.88. The second kappa shape index (κ2) is 7.56. The molecule has 0 N–H and O–H groups in total. The molecule has 1 fully saturated rings. The van der Waals surface area contributed by atoms with Crippen LogP contribution in [0.1, 0.15) is 17.9 Å². The molecule has 0 spiro atoms. The van der Waals surface area contributed by atoms with Crippen molar-refractivity contribution in [3.63, 3.8) is 0 Å². The van der Waals surface area contributed by atoms with Crippen LogP contribution in [0.15, 0.2) is 18.2 Å². The lowest BCUT2D eigenvalue weighted by atomic mass is 10.1. The topological polar surface area (TPSA) is 48.0 Å². The summed E-state index contributed by atoms with van der Waals surface area (Å²) in [6.07, 6.45) is 0. The molecule has 1 amide bonds. The molecule has 0 aliphatic carbocycles. The van der Waals surface area contributed by atoms with Crippen molar-refractivity contribution in [3.8, 4) is 11.5 Å². The van der Waals surface area contributed by atoms with E-state index in [1.807, 2.05) is 30.0 Å². The van der Waals surface area contributed by atoms with Crippen LogP contribution in [0.25, 0.3) is 0 Å². The van der Waals surface area contributed by atoms with E-state index in [2.05, 4.69) is 0 Å². The summed E-state index contributed by atoms with van der Waals surface area (Å²) in [7, 11) is 3.27. The number of nitrogens with zero attached hydrogens (tertiary/aromatic N) is 1. The summed E-state index contributed by atoms with van der Waals surface area (Å²) in [5.41, 5.74) is 0.962. The second-order valence-electron chi connectivity index (χ2n) is 4.56. The van der Waals surface area contributed by atoms with E-state index < -0.39 is 0 Å². The summed E-state index contributed by atoms with van der Waals surface area (Å²) in [6, 6.07) is 5.66. The Hall–Kier alpha value is -1.40. The molecule has 1 aromatic carbocycles. The van der Waals surface area contributed by atoms with Crippen molar-refractivity contribution < 1.29 is 19.0 Å². The lowest BCUT2D eigenvalue weighted by molar-refractivity contribution is -0.128. The maximum absolute atomic E-state index is 12.1. The second-order valence-corrected chi connectivity index (χ2v) is 5.62. The number of benzene rings is 1. The maximum atomic E-state index is 12.1. The van der Waals surface area contributed by atoms with E-state index in [9.17, 15) is 4.79 Å². The van der Waals surface area contributed by atoms with Crippen molar-refractivity contribution in [1.29, 1.82) is 0 Å². The maximum Gasteiger partial charge on any atom is 0.233 e. The van der Waals surface area contributed by atoms with E-state index in [0.29, 0.717) is 25.5 Å². The number of amides is 1. The smallest absolute Gasteiger partial charge is 0.233 e. The number of methoxy groups -OCH3 is 2. The lowest BCUT2D eigenvalue weighted by Crippen LogP contribution is -2.31. The zero-order valence-corrected chi connectivity index (χ0v) is 13.4. The van der Waals surface area contributed by atoms with Crippen LogP contribution in [0.5, 0.6) is 11.5 Å². The zero-order chi connectivity index (χ0) is 15.2. The SMILES string of the molecule is CCOCCN1C(=O)CSC1c1cc(OC)ccc1OC. The molecular formula is C15H21NO4S. The van der Waals surface area contributed by atoms with Crippen molar-refractivity contribution in [2.24, 2.45) is 0 Å². The van der Waals surface area contributed by atoms with Crippen LogP contribution < -0.4 is 9.47 Å². The van der Waals surface area contributed by atoms with Gasteiger partial charge in [-0.1, -0.05) is 0 Å². The highest BCUT2D eigenvalue weighted by Gasteiger charge is 2.34. The molecule has 0 aromatic heterocycles. The molecule has 1 aliphatic heterocycles. The monoisotopic (exact) mass is 311 g/mol. The summed E-state index contributed by atoms with van der Waals surface area (Å²) in [5.74, 6) is 2.14. The molecule has 116 valence electrons. The lowest BCUT2D eigenvalue weighted by Gasteiger charge is -2.25. The Balaban J connectivity index is 2.23. The summed E-state index contributed by atoms with van der Waals surface area (Å²) in [5, 5.41) is -0.0528. The highest BCUT2D eigenvalue weighted by Crippen LogP contribution is 2.43. The van der Waals surface area contributed by atoms with Gasteiger partial charge in [0.15, 0.2) is 0 Å². The fourth-order valence-electron chi connectivity index (χ4n) is 2.29. The molecule has 2 rings (SSSR count). The van der Waals surface area contributed by atoms with Crippen molar-refractivity contribution in [2.45, 2.75) is 12.3 Å². The Labute approximate surface area is 129 Å². The quantitative estimate of drug-likeness (QED) is 0.723. The number of ether oxygens (including phenoxy) is 3. The van der Waals surface area contributed by atoms with Gasteiger partial charge in [0, 0.05) is 18.7 Å². The van der Waals surface area contributed by atoms with E-state index in [0.717, 1.165) is 17.1 Å². The first-order valence-corrected chi connectivity index (χ1v) is 7.96. The molecule has 1 aliphatic rings. The van der Waals surface area contributed by atoms with Gasteiger partial charge in [-0.3, -0.25) is 4.79 Å². The molecule has 1 unspecified atom stereocenters. The van der Waals surface area contributed by atoms with Gasteiger partial charge in [0.05, 0.1) is 26.6 Å². The number of carbonyl (C=O) groups is 1. The van der Waals surface area contributed by atoms with E-state index in [1.165, 1.54) is 0 Å². The number of carbonyl (C=O) groups excluding carboxylic acids is 1. The van der Waals surface area contributed by atoms with E-state index in [1.54, 1.807) is 26.0 Å². The Morgan fingerprint density at radius 1 is 1.33 bits per heavy atom. The Morgan fingerprint density at radius 2 is 2.14 bits per heavy atom. The summed E-state index contributed by atoms with van der Waals surface area (Å²) in [6.45, 7) is 3.74. The standard InChI is InChI=1S/C15H21NO4S/c1-4-20-8-7-16-14(17)10-21-15(16)12-9-11(18-2)5-6-13(12)19-3/h5-6,9,15H,4,7-8,10H2,1-3H3. The minimum Gasteiger partial charge on any atom is -0.497 e. The predicted molar refractivity (Wildman–Crippen MR) is 83.0 cm³/mol. The number of rotatable bonds is 7. The number of thioether (sulfide) groups is 1. The number of hydrogen-bond acceptors (Lipinski definition) is 5. The molecule has 1 aromatic rings. The highest BCUT2D eigenvalue weighted by molar-refractivity contribution is 8.00. The van der Waals surface area contributed by atoms with Crippen LogP contribution in [-0.2, 0) is 9.53 Å². The first kappa shape index (κ1) is 16.0. The van der Waals surface area contributed by atoms with Gasteiger partial charge in [0.1, 0.15) is 16.9 Å². The van der Waals surface area contributed by atoms with Gasteiger partial charge in [0.25, 0.3) is 0 Å². The van der Waals surface area contributed by atoms with Gasteiger partial charge in [0.2, 0.25) is 5.91 Å². The minimum atomic E-state index is -0.0528. The van der Waals surface area contributed by atoms with Gasteiger partial charge in [-0.25, -0.2) is 0 Å². The third-order valence-corrected chi connectivity index (χ3v) is 4.59. The predicted octanol–water partition coefficient (Wildman–Crippen LogP) is 2.31. The first-order chi connectivity index (χ1) is 10.2. The minimum absolute atomic E-state index is 0.0528. The highest BCUT2D eigenvalue weighted by atomic mass is 32.2. The molecule has 0 saturated carbocycles. The van der Waals surface area contributed by atoms with Crippen molar-refractivity contribution in [2.75, 3.05) is 39.7 Å². The fourth-order valence-corrected chi connectivity index (χ4v) is 3.53. The summed E-state index contributed by atoms with van der Waals surface area (Å²) >= 11 is 1.60. The molecule has 5 nitrogen and oxygen atoms in total. The third kappa shape index (κ3) is 3.63. The van der Waals surface area contributed by atoms with E-state index in [-0.39, 0.29) is 11.3 Å². The molecule has 21 heavy (non-hydrogen) atoms.